The van der Waals surface area contributed by atoms with Gasteiger partial charge in [0, 0.05) is 11.1 Å². The van der Waals surface area contributed by atoms with Gasteiger partial charge >= 0.3 is 5.97 Å². The molecule has 2 aliphatic rings. The van der Waals surface area contributed by atoms with Gasteiger partial charge < -0.3 is 9.15 Å². The van der Waals surface area contributed by atoms with Crippen LogP contribution in [0.4, 0.5) is 5.69 Å². The number of nitrogens with zero attached hydrogens (tertiary/aromatic N) is 2. The Balaban J connectivity index is 1.40. The molecule has 3 heterocycles. The summed E-state index contributed by atoms with van der Waals surface area (Å²) in [4.78, 5) is 24.5. The van der Waals surface area contributed by atoms with Gasteiger partial charge in [-0.2, -0.15) is 18.5 Å². The zero-order valence-corrected chi connectivity index (χ0v) is 18.0. The van der Waals surface area contributed by atoms with Crippen molar-refractivity contribution in [1.29, 1.82) is 0 Å². The summed E-state index contributed by atoms with van der Waals surface area (Å²) >= 11 is 0. The Morgan fingerprint density at radius 2 is 1.82 bits per heavy atom. The molecule has 1 aromatic heterocycles. The summed E-state index contributed by atoms with van der Waals surface area (Å²) in [6.07, 6.45) is 1.57. The van der Waals surface area contributed by atoms with Gasteiger partial charge in [-0.3, -0.25) is 9.35 Å². The fourth-order valence-corrected chi connectivity index (χ4v) is 4.09. The Kier molecular flexibility index (Phi) is 4.76. The molecule has 5 rings (SSSR count). The Labute approximate surface area is 188 Å². The molecule has 0 spiro atoms. The number of hydrogen-bond donors (Lipinski definition) is 1. The van der Waals surface area contributed by atoms with E-state index < -0.39 is 16.0 Å². The fraction of sp³-hybridized carbons (Fsp3) is 0.0870. The molecule has 2 aromatic carbocycles. The molecule has 0 saturated carbocycles. The Hall–Kier alpha value is -4.02. The number of furan rings is 1. The van der Waals surface area contributed by atoms with Crippen molar-refractivity contribution in [2.24, 2.45) is 5.10 Å². The largest absolute Gasteiger partial charge is 0.457 e. The number of hydrazone groups is 1. The molecule has 0 bridgehead atoms. The van der Waals surface area contributed by atoms with E-state index in [1.165, 1.54) is 24.3 Å². The lowest BCUT2D eigenvalue weighted by Gasteiger charge is -2.11. The molecule has 0 aliphatic carbocycles. The predicted octanol–water partition coefficient (Wildman–Crippen LogP) is 3.67. The Bertz CT molecular complexity index is 1480. The molecule has 10 heteroatoms. The summed E-state index contributed by atoms with van der Waals surface area (Å²) in [6.45, 7) is 1.94. The van der Waals surface area contributed by atoms with Crippen molar-refractivity contribution in [2.45, 2.75) is 18.4 Å². The van der Waals surface area contributed by atoms with Gasteiger partial charge in [0.25, 0.3) is 16.0 Å². The first-order chi connectivity index (χ1) is 15.7. The molecule has 0 radical (unpaired) electrons. The van der Waals surface area contributed by atoms with Crippen LogP contribution in [0.25, 0.3) is 17.4 Å². The second-order valence-corrected chi connectivity index (χ2v) is 8.90. The highest BCUT2D eigenvalue weighted by atomic mass is 32.2. The van der Waals surface area contributed by atoms with E-state index in [0.29, 0.717) is 39.6 Å². The van der Waals surface area contributed by atoms with E-state index in [0.717, 1.165) is 10.6 Å². The number of hydrogen-bond acceptors (Lipinski definition) is 7. The molecule has 0 unspecified atom stereocenters. The van der Waals surface area contributed by atoms with Crippen molar-refractivity contribution >= 4 is 39.5 Å². The number of benzene rings is 2. The van der Waals surface area contributed by atoms with Crippen LogP contribution in [-0.4, -0.2) is 30.6 Å². The smallest absolute Gasteiger partial charge is 0.338 e. The highest BCUT2D eigenvalue weighted by Crippen LogP contribution is 2.30. The zero-order valence-electron chi connectivity index (χ0n) is 17.2. The minimum absolute atomic E-state index is 0.264. The first-order valence-electron chi connectivity index (χ1n) is 9.80. The Morgan fingerprint density at radius 1 is 1.06 bits per heavy atom. The molecule has 1 amide bonds. The molecule has 2 aliphatic heterocycles. The SMILES string of the molecule is CC1=NN(c2ccc(S(=O)(=O)O)cc2)C(=O)/C1=C/c1ccc(-c2ccc3c(c2)C(=O)OC3)o1. The molecule has 0 fully saturated rings. The van der Waals surface area contributed by atoms with E-state index in [9.17, 15) is 18.0 Å². The number of carbonyl (C=O) groups is 2. The van der Waals surface area contributed by atoms with Crippen molar-refractivity contribution < 1.29 is 31.7 Å². The number of amides is 1. The molecule has 33 heavy (non-hydrogen) atoms. The monoisotopic (exact) mass is 464 g/mol. The van der Waals surface area contributed by atoms with Crippen LogP contribution < -0.4 is 5.01 Å². The predicted molar refractivity (Wildman–Crippen MR) is 118 cm³/mol. The van der Waals surface area contributed by atoms with Gasteiger partial charge in [-0.05, 0) is 55.5 Å². The molecule has 1 N–H and O–H groups in total. The van der Waals surface area contributed by atoms with E-state index in [1.54, 1.807) is 31.2 Å². The Morgan fingerprint density at radius 3 is 2.55 bits per heavy atom. The number of fused-ring (bicyclic) bond motifs is 1. The first-order valence-corrected chi connectivity index (χ1v) is 11.2. The minimum Gasteiger partial charge on any atom is -0.457 e. The topological polar surface area (TPSA) is 126 Å². The van der Waals surface area contributed by atoms with Gasteiger partial charge in [0.2, 0.25) is 0 Å². The normalized spacial score (nSPS) is 16.8. The lowest BCUT2D eigenvalue weighted by molar-refractivity contribution is -0.114. The number of ether oxygens (including phenoxy) is 1. The number of carbonyl (C=O) groups excluding carboxylic acids is 2. The number of rotatable bonds is 4. The quantitative estimate of drug-likeness (QED) is 0.355. The van der Waals surface area contributed by atoms with Gasteiger partial charge in [-0.25, -0.2) is 4.79 Å². The van der Waals surface area contributed by atoms with Gasteiger partial charge in [0.05, 0.1) is 27.4 Å². The molecule has 3 aromatic rings. The van der Waals surface area contributed by atoms with Crippen molar-refractivity contribution in [3.05, 3.63) is 77.1 Å². The van der Waals surface area contributed by atoms with Gasteiger partial charge in [0.1, 0.15) is 18.1 Å². The number of cyclic esters (lactones) is 1. The van der Waals surface area contributed by atoms with Crippen LogP contribution >= 0.6 is 0 Å². The van der Waals surface area contributed by atoms with Gasteiger partial charge in [-0.1, -0.05) is 12.1 Å². The summed E-state index contributed by atoms with van der Waals surface area (Å²) in [7, 11) is -4.33. The second kappa shape index (κ2) is 7.54. The van der Waals surface area contributed by atoms with Crippen molar-refractivity contribution in [1.82, 2.24) is 0 Å². The lowest BCUT2D eigenvalue weighted by atomic mass is 10.0. The van der Waals surface area contributed by atoms with Gasteiger partial charge in [-0.15, -0.1) is 0 Å². The maximum atomic E-state index is 12.9. The van der Waals surface area contributed by atoms with Crippen LogP contribution in [0.2, 0.25) is 0 Å². The maximum absolute atomic E-state index is 12.9. The molecular weight excluding hydrogens is 448 g/mol. The fourth-order valence-electron chi connectivity index (χ4n) is 3.61. The van der Waals surface area contributed by atoms with Crippen molar-refractivity contribution in [3.63, 3.8) is 0 Å². The van der Waals surface area contributed by atoms with Gasteiger partial charge in [0.15, 0.2) is 0 Å². The summed E-state index contributed by atoms with van der Waals surface area (Å²) < 4.78 is 42.4. The van der Waals surface area contributed by atoms with Crippen LogP contribution in [-0.2, 0) is 26.3 Å². The minimum atomic E-state index is -4.33. The number of anilines is 1. The van der Waals surface area contributed by atoms with Crippen LogP contribution in [0.3, 0.4) is 0 Å². The van der Waals surface area contributed by atoms with Crippen LogP contribution in [0.15, 0.2) is 74.6 Å². The van der Waals surface area contributed by atoms with Crippen LogP contribution in [0, 0.1) is 0 Å². The molecular formula is C23H16N2O7S. The van der Waals surface area contributed by atoms with Crippen molar-refractivity contribution in [2.75, 3.05) is 5.01 Å². The van der Waals surface area contributed by atoms with E-state index in [4.69, 9.17) is 13.7 Å². The molecule has 166 valence electrons. The summed E-state index contributed by atoms with van der Waals surface area (Å²) in [6, 6.07) is 14.0. The van der Waals surface area contributed by atoms with E-state index in [-0.39, 0.29) is 17.5 Å². The third-order valence-electron chi connectivity index (χ3n) is 5.33. The average Bonchev–Trinajstić information content (AvgIpc) is 3.48. The maximum Gasteiger partial charge on any atom is 0.338 e. The standard InChI is InChI=1S/C23H16N2O7S/c1-13-19(22(26)25(24-13)16-4-7-18(8-5-16)33(28,29)30)11-17-6-9-21(32-17)14-2-3-15-12-31-23(27)20(15)10-14/h2-11H,12H2,1H3,(H,28,29,30)/b19-11+. The molecule has 9 nitrogen and oxygen atoms in total. The highest BCUT2D eigenvalue weighted by Gasteiger charge is 2.29. The highest BCUT2D eigenvalue weighted by molar-refractivity contribution is 7.85. The molecule has 0 atom stereocenters. The molecule has 0 saturated heterocycles. The second-order valence-electron chi connectivity index (χ2n) is 7.48. The number of esters is 1. The van der Waals surface area contributed by atoms with Crippen LogP contribution in [0.5, 0.6) is 0 Å². The van der Waals surface area contributed by atoms with E-state index in [2.05, 4.69) is 5.10 Å². The van der Waals surface area contributed by atoms with E-state index in [1.807, 2.05) is 12.1 Å². The lowest BCUT2D eigenvalue weighted by Crippen LogP contribution is -2.21. The average molecular weight is 464 g/mol. The summed E-state index contributed by atoms with van der Waals surface area (Å²) in [5.74, 6) is 0.177. The van der Waals surface area contributed by atoms with E-state index >= 15 is 0 Å². The van der Waals surface area contributed by atoms with Crippen LogP contribution in [0.1, 0.15) is 28.6 Å². The zero-order chi connectivity index (χ0) is 23.3. The third-order valence-corrected chi connectivity index (χ3v) is 6.20. The first kappa shape index (κ1) is 20.9. The third kappa shape index (κ3) is 3.75. The summed E-state index contributed by atoms with van der Waals surface area (Å²) in [5, 5.41) is 5.39. The summed E-state index contributed by atoms with van der Waals surface area (Å²) in [5.41, 5.74) is 3.16. The van der Waals surface area contributed by atoms with Crippen molar-refractivity contribution in [3.8, 4) is 11.3 Å².